The van der Waals surface area contributed by atoms with Crippen molar-refractivity contribution in [3.8, 4) is 11.8 Å². The molecule has 1 aromatic rings. The zero-order valence-electron chi connectivity index (χ0n) is 9.90. The van der Waals surface area contributed by atoms with E-state index in [2.05, 4.69) is 6.07 Å². The Hall–Kier alpha value is -1.53. The Labute approximate surface area is 96.3 Å². The first-order chi connectivity index (χ1) is 7.58. The molecular formula is C13H17NO2. The highest BCUT2D eigenvalue weighted by Gasteiger charge is 2.09. The van der Waals surface area contributed by atoms with Crippen LogP contribution in [0.15, 0.2) is 18.2 Å². The van der Waals surface area contributed by atoms with Gasteiger partial charge in [-0.25, -0.2) is 0 Å². The van der Waals surface area contributed by atoms with Crippen molar-refractivity contribution in [2.24, 2.45) is 0 Å². The molecule has 0 aliphatic heterocycles. The number of ether oxygens (including phenoxy) is 1. The van der Waals surface area contributed by atoms with Gasteiger partial charge < -0.3 is 9.84 Å². The molecule has 0 heterocycles. The summed E-state index contributed by atoms with van der Waals surface area (Å²) in [6.45, 7) is 5.54. The van der Waals surface area contributed by atoms with Gasteiger partial charge in [0.1, 0.15) is 11.8 Å². The van der Waals surface area contributed by atoms with Crippen LogP contribution in [0.2, 0.25) is 0 Å². The fraction of sp³-hybridized carbons (Fsp3) is 0.462. The van der Waals surface area contributed by atoms with Crippen molar-refractivity contribution in [3.63, 3.8) is 0 Å². The molecule has 0 aromatic heterocycles. The van der Waals surface area contributed by atoms with Crippen molar-refractivity contribution in [3.05, 3.63) is 29.3 Å². The SMILES string of the molecule is CCC(C#N)Oc1ccc(C(C)O)cc1C. The van der Waals surface area contributed by atoms with Crippen LogP contribution in [0.5, 0.6) is 5.75 Å². The minimum Gasteiger partial charge on any atom is -0.475 e. The third kappa shape index (κ3) is 2.98. The van der Waals surface area contributed by atoms with Gasteiger partial charge in [0.25, 0.3) is 0 Å². The van der Waals surface area contributed by atoms with Gasteiger partial charge in [-0.05, 0) is 43.5 Å². The third-order valence-electron chi connectivity index (χ3n) is 2.47. The maximum Gasteiger partial charge on any atom is 0.184 e. The highest BCUT2D eigenvalue weighted by molar-refractivity contribution is 5.37. The summed E-state index contributed by atoms with van der Waals surface area (Å²) in [4.78, 5) is 0. The Bertz CT molecular complexity index is 393. The van der Waals surface area contributed by atoms with Crippen LogP contribution < -0.4 is 4.74 Å². The van der Waals surface area contributed by atoms with Crippen LogP contribution in [0.1, 0.15) is 37.5 Å². The fourth-order valence-corrected chi connectivity index (χ4v) is 1.42. The van der Waals surface area contributed by atoms with Crippen molar-refractivity contribution in [1.29, 1.82) is 5.26 Å². The average molecular weight is 219 g/mol. The smallest absolute Gasteiger partial charge is 0.184 e. The summed E-state index contributed by atoms with van der Waals surface area (Å²) in [6.07, 6.45) is -0.226. The molecule has 1 rings (SSSR count). The number of aliphatic hydroxyl groups is 1. The molecule has 0 bridgehead atoms. The molecule has 2 atom stereocenters. The first kappa shape index (κ1) is 12.5. The standard InChI is InChI=1S/C13H17NO2/c1-4-12(8-14)16-13-6-5-11(10(3)15)7-9(13)2/h5-7,10,12,15H,4H2,1-3H3. The molecule has 3 heteroatoms. The zero-order valence-corrected chi connectivity index (χ0v) is 9.90. The Morgan fingerprint density at radius 2 is 2.19 bits per heavy atom. The van der Waals surface area contributed by atoms with Crippen LogP contribution in [0.25, 0.3) is 0 Å². The molecule has 1 aromatic carbocycles. The van der Waals surface area contributed by atoms with Gasteiger partial charge in [-0.2, -0.15) is 5.26 Å². The Kier molecular flexibility index (Phi) is 4.33. The van der Waals surface area contributed by atoms with E-state index < -0.39 is 12.2 Å². The summed E-state index contributed by atoms with van der Waals surface area (Å²) in [5, 5.41) is 18.2. The predicted molar refractivity (Wildman–Crippen MR) is 62.1 cm³/mol. The van der Waals surface area contributed by atoms with Gasteiger partial charge >= 0.3 is 0 Å². The normalized spacial score (nSPS) is 13.9. The van der Waals surface area contributed by atoms with Crippen LogP contribution >= 0.6 is 0 Å². The lowest BCUT2D eigenvalue weighted by Gasteiger charge is -2.14. The lowest BCUT2D eigenvalue weighted by atomic mass is 10.1. The van der Waals surface area contributed by atoms with E-state index in [0.717, 1.165) is 11.1 Å². The van der Waals surface area contributed by atoms with Gasteiger partial charge in [0.15, 0.2) is 6.10 Å². The van der Waals surface area contributed by atoms with Crippen molar-refractivity contribution >= 4 is 0 Å². The number of hydrogen-bond donors (Lipinski definition) is 1. The number of aliphatic hydroxyl groups excluding tert-OH is 1. The minimum absolute atomic E-state index is 0.406. The summed E-state index contributed by atoms with van der Waals surface area (Å²) in [6, 6.07) is 7.59. The summed E-state index contributed by atoms with van der Waals surface area (Å²) in [5.41, 5.74) is 1.79. The van der Waals surface area contributed by atoms with E-state index >= 15 is 0 Å². The van der Waals surface area contributed by atoms with Gasteiger partial charge in [-0.1, -0.05) is 13.0 Å². The molecule has 0 radical (unpaired) electrons. The highest BCUT2D eigenvalue weighted by atomic mass is 16.5. The van der Waals surface area contributed by atoms with Gasteiger partial charge in [0.05, 0.1) is 6.10 Å². The van der Waals surface area contributed by atoms with Crippen molar-refractivity contribution < 1.29 is 9.84 Å². The quantitative estimate of drug-likeness (QED) is 0.847. The maximum atomic E-state index is 9.42. The number of nitrogens with zero attached hydrogens (tertiary/aromatic N) is 1. The molecule has 16 heavy (non-hydrogen) atoms. The molecule has 1 N–H and O–H groups in total. The first-order valence-electron chi connectivity index (χ1n) is 5.43. The van der Waals surface area contributed by atoms with Gasteiger partial charge in [-0.3, -0.25) is 0 Å². The van der Waals surface area contributed by atoms with Crippen LogP contribution in [0, 0.1) is 18.3 Å². The van der Waals surface area contributed by atoms with Crippen LogP contribution in [0.4, 0.5) is 0 Å². The summed E-state index contributed by atoms with van der Waals surface area (Å²) >= 11 is 0. The summed E-state index contributed by atoms with van der Waals surface area (Å²) in [5.74, 6) is 0.706. The Balaban J connectivity index is 2.87. The zero-order chi connectivity index (χ0) is 12.1. The number of aryl methyl sites for hydroxylation is 1. The largest absolute Gasteiger partial charge is 0.475 e. The molecule has 86 valence electrons. The molecule has 0 saturated carbocycles. The molecule has 0 aliphatic carbocycles. The summed E-state index contributed by atoms with van der Waals surface area (Å²) in [7, 11) is 0. The van der Waals surface area contributed by atoms with E-state index in [4.69, 9.17) is 10.00 Å². The average Bonchev–Trinajstić information content (AvgIpc) is 2.27. The molecule has 0 amide bonds. The Morgan fingerprint density at radius 3 is 2.62 bits per heavy atom. The van der Waals surface area contributed by atoms with E-state index in [1.54, 1.807) is 13.0 Å². The second kappa shape index (κ2) is 5.53. The Morgan fingerprint density at radius 1 is 1.50 bits per heavy atom. The molecule has 0 aliphatic rings. The molecule has 0 fully saturated rings. The molecular weight excluding hydrogens is 202 g/mol. The number of hydrogen-bond acceptors (Lipinski definition) is 3. The van der Waals surface area contributed by atoms with E-state index in [1.807, 2.05) is 26.0 Å². The predicted octanol–water partition coefficient (Wildman–Crippen LogP) is 2.73. The van der Waals surface area contributed by atoms with E-state index in [9.17, 15) is 5.11 Å². The van der Waals surface area contributed by atoms with Crippen LogP contribution in [0.3, 0.4) is 0 Å². The highest BCUT2D eigenvalue weighted by Crippen LogP contribution is 2.23. The van der Waals surface area contributed by atoms with Gasteiger partial charge in [0.2, 0.25) is 0 Å². The lowest BCUT2D eigenvalue weighted by Crippen LogP contribution is -2.13. The second-order valence-electron chi connectivity index (χ2n) is 3.84. The van der Waals surface area contributed by atoms with E-state index in [0.29, 0.717) is 12.2 Å². The first-order valence-corrected chi connectivity index (χ1v) is 5.43. The van der Waals surface area contributed by atoms with Crippen LogP contribution in [-0.2, 0) is 0 Å². The third-order valence-corrected chi connectivity index (χ3v) is 2.47. The lowest BCUT2D eigenvalue weighted by molar-refractivity contribution is 0.199. The topological polar surface area (TPSA) is 53.2 Å². The number of benzene rings is 1. The molecule has 2 unspecified atom stereocenters. The van der Waals surface area contributed by atoms with E-state index in [-0.39, 0.29) is 0 Å². The van der Waals surface area contributed by atoms with Crippen molar-refractivity contribution in [2.45, 2.75) is 39.4 Å². The van der Waals surface area contributed by atoms with Crippen molar-refractivity contribution in [2.75, 3.05) is 0 Å². The number of nitriles is 1. The number of rotatable bonds is 4. The van der Waals surface area contributed by atoms with Crippen LogP contribution in [-0.4, -0.2) is 11.2 Å². The maximum absolute atomic E-state index is 9.42. The van der Waals surface area contributed by atoms with Gasteiger partial charge in [-0.15, -0.1) is 0 Å². The monoisotopic (exact) mass is 219 g/mol. The van der Waals surface area contributed by atoms with Crippen molar-refractivity contribution in [1.82, 2.24) is 0 Å². The molecule has 0 spiro atoms. The fourth-order valence-electron chi connectivity index (χ4n) is 1.42. The molecule has 3 nitrogen and oxygen atoms in total. The van der Waals surface area contributed by atoms with E-state index in [1.165, 1.54) is 0 Å². The molecule has 0 saturated heterocycles. The minimum atomic E-state index is -0.481. The van der Waals surface area contributed by atoms with Gasteiger partial charge in [0, 0.05) is 0 Å². The second-order valence-corrected chi connectivity index (χ2v) is 3.84. The summed E-state index contributed by atoms with van der Waals surface area (Å²) < 4.78 is 5.54.